The second kappa shape index (κ2) is 5.48. The molecular weight excluding hydrogens is 250 g/mol. The summed E-state index contributed by atoms with van der Waals surface area (Å²) in [6, 6.07) is 4.21. The second-order valence-electron chi connectivity index (χ2n) is 4.50. The molecule has 2 N–H and O–H groups in total. The first-order chi connectivity index (χ1) is 9.06. The summed E-state index contributed by atoms with van der Waals surface area (Å²) in [4.78, 5) is 4.04. The molecule has 2 aromatic rings. The molecule has 2 rings (SSSR count). The van der Waals surface area contributed by atoms with Crippen LogP contribution in [0.4, 0.5) is 14.5 Å². The van der Waals surface area contributed by atoms with Gasteiger partial charge in [0.1, 0.15) is 5.52 Å². The number of anilines is 1. The summed E-state index contributed by atoms with van der Waals surface area (Å²) in [5.41, 5.74) is 1.25. The van der Waals surface area contributed by atoms with Crippen LogP contribution in [0.5, 0.6) is 0 Å². The van der Waals surface area contributed by atoms with Crippen molar-refractivity contribution in [1.82, 2.24) is 4.98 Å². The van der Waals surface area contributed by atoms with E-state index in [1.54, 1.807) is 13.0 Å². The minimum Gasteiger partial charge on any atom is -0.394 e. The number of halogens is 2. The van der Waals surface area contributed by atoms with Gasteiger partial charge in [0.25, 0.3) is 0 Å². The predicted molar refractivity (Wildman–Crippen MR) is 71.2 cm³/mol. The molecule has 0 radical (unpaired) electrons. The molecule has 3 nitrogen and oxygen atoms in total. The molecule has 0 aliphatic carbocycles. The highest BCUT2D eigenvalue weighted by Crippen LogP contribution is 2.27. The summed E-state index contributed by atoms with van der Waals surface area (Å²) in [5, 5.41) is 12.9. The number of aromatic nitrogens is 1. The number of aliphatic hydroxyl groups is 1. The van der Waals surface area contributed by atoms with Gasteiger partial charge < -0.3 is 10.4 Å². The predicted octanol–water partition coefficient (Wildman–Crippen LogP) is 3.00. The molecule has 5 heteroatoms. The van der Waals surface area contributed by atoms with Gasteiger partial charge in [0, 0.05) is 22.8 Å². The zero-order valence-corrected chi connectivity index (χ0v) is 10.9. The highest BCUT2D eigenvalue weighted by molar-refractivity contribution is 5.92. The van der Waals surface area contributed by atoms with Gasteiger partial charge in [0.2, 0.25) is 0 Å². The van der Waals surface area contributed by atoms with E-state index in [1.165, 1.54) is 6.07 Å². The van der Waals surface area contributed by atoms with Crippen LogP contribution < -0.4 is 5.32 Å². The molecule has 19 heavy (non-hydrogen) atoms. The molecule has 0 fully saturated rings. The van der Waals surface area contributed by atoms with Crippen molar-refractivity contribution in [1.29, 1.82) is 0 Å². The van der Waals surface area contributed by atoms with E-state index >= 15 is 0 Å². The Labute approximate surface area is 110 Å². The number of pyridine rings is 1. The third-order valence-corrected chi connectivity index (χ3v) is 3.07. The van der Waals surface area contributed by atoms with Crippen LogP contribution in [-0.2, 0) is 0 Å². The van der Waals surface area contributed by atoms with Crippen molar-refractivity contribution in [3.05, 3.63) is 35.5 Å². The number of benzene rings is 1. The first-order valence-electron chi connectivity index (χ1n) is 6.19. The normalized spacial score (nSPS) is 12.7. The number of fused-ring (bicyclic) bond motifs is 1. The number of rotatable bonds is 4. The summed E-state index contributed by atoms with van der Waals surface area (Å²) in [7, 11) is 0. The van der Waals surface area contributed by atoms with Crippen molar-refractivity contribution in [2.45, 2.75) is 26.3 Å². The molecule has 1 aromatic carbocycles. The Balaban J connectivity index is 2.57. The van der Waals surface area contributed by atoms with Gasteiger partial charge >= 0.3 is 0 Å². The third-order valence-electron chi connectivity index (χ3n) is 3.07. The molecule has 0 amide bonds. The minimum atomic E-state index is -0.943. The molecule has 1 atom stereocenters. The van der Waals surface area contributed by atoms with Gasteiger partial charge in [0.05, 0.1) is 6.61 Å². The molecule has 1 unspecified atom stereocenters. The molecule has 0 bridgehead atoms. The number of hydrogen-bond donors (Lipinski definition) is 2. The van der Waals surface area contributed by atoms with Crippen molar-refractivity contribution >= 4 is 16.6 Å². The van der Waals surface area contributed by atoms with Crippen LogP contribution in [0.1, 0.15) is 19.0 Å². The molecule has 0 saturated heterocycles. The van der Waals surface area contributed by atoms with E-state index in [1.807, 2.05) is 6.92 Å². The summed E-state index contributed by atoms with van der Waals surface area (Å²) < 4.78 is 27.0. The summed E-state index contributed by atoms with van der Waals surface area (Å²) in [5.74, 6) is -1.85. The van der Waals surface area contributed by atoms with Crippen LogP contribution in [-0.4, -0.2) is 22.7 Å². The summed E-state index contributed by atoms with van der Waals surface area (Å²) >= 11 is 0. The van der Waals surface area contributed by atoms with E-state index in [0.29, 0.717) is 16.8 Å². The summed E-state index contributed by atoms with van der Waals surface area (Å²) in [6.07, 6.45) is 0.725. The Kier molecular flexibility index (Phi) is 3.95. The standard InChI is InChI=1S/C14H16F2N2O/c1-3-9(7-19)18-12-6-8(2)17-14-10(12)4-5-11(15)13(14)16/h4-6,9,19H,3,7H2,1-2H3,(H,17,18). The van der Waals surface area contributed by atoms with E-state index in [2.05, 4.69) is 10.3 Å². The van der Waals surface area contributed by atoms with Gasteiger partial charge in [-0.05, 0) is 31.5 Å². The van der Waals surface area contributed by atoms with Crippen LogP contribution >= 0.6 is 0 Å². The van der Waals surface area contributed by atoms with Gasteiger partial charge in [0.15, 0.2) is 11.6 Å². The van der Waals surface area contributed by atoms with Crippen LogP contribution in [0.2, 0.25) is 0 Å². The lowest BCUT2D eigenvalue weighted by atomic mass is 10.1. The lowest BCUT2D eigenvalue weighted by molar-refractivity contribution is 0.272. The first kappa shape index (κ1) is 13.7. The average molecular weight is 266 g/mol. The fraction of sp³-hybridized carbons (Fsp3) is 0.357. The molecule has 1 aromatic heterocycles. The number of nitrogens with zero attached hydrogens (tertiary/aromatic N) is 1. The Hall–Kier alpha value is -1.75. The third kappa shape index (κ3) is 2.66. The van der Waals surface area contributed by atoms with Crippen molar-refractivity contribution < 1.29 is 13.9 Å². The topological polar surface area (TPSA) is 45.1 Å². The monoisotopic (exact) mass is 266 g/mol. The van der Waals surface area contributed by atoms with Crippen LogP contribution in [0.3, 0.4) is 0 Å². The maximum atomic E-state index is 13.7. The van der Waals surface area contributed by atoms with Crippen LogP contribution in [0.25, 0.3) is 10.9 Å². The van der Waals surface area contributed by atoms with Gasteiger partial charge in [-0.3, -0.25) is 0 Å². The van der Waals surface area contributed by atoms with Crippen LogP contribution in [0.15, 0.2) is 18.2 Å². The smallest absolute Gasteiger partial charge is 0.185 e. The maximum absolute atomic E-state index is 13.7. The quantitative estimate of drug-likeness (QED) is 0.894. The molecule has 0 saturated carbocycles. The van der Waals surface area contributed by atoms with Gasteiger partial charge in [-0.25, -0.2) is 13.8 Å². The van der Waals surface area contributed by atoms with Crippen molar-refractivity contribution in [3.8, 4) is 0 Å². The van der Waals surface area contributed by atoms with Gasteiger partial charge in [-0.15, -0.1) is 0 Å². The maximum Gasteiger partial charge on any atom is 0.185 e. The zero-order valence-electron chi connectivity index (χ0n) is 10.9. The van der Waals surface area contributed by atoms with Crippen molar-refractivity contribution in [2.75, 3.05) is 11.9 Å². The van der Waals surface area contributed by atoms with Crippen molar-refractivity contribution in [2.24, 2.45) is 0 Å². The fourth-order valence-electron chi connectivity index (χ4n) is 1.98. The summed E-state index contributed by atoms with van der Waals surface area (Å²) in [6.45, 7) is 3.63. The molecule has 0 aliphatic heterocycles. The van der Waals surface area contributed by atoms with Gasteiger partial charge in [-0.2, -0.15) is 0 Å². The number of aryl methyl sites for hydroxylation is 1. The van der Waals surface area contributed by atoms with E-state index in [4.69, 9.17) is 0 Å². The largest absolute Gasteiger partial charge is 0.394 e. The van der Waals surface area contributed by atoms with Crippen LogP contribution in [0, 0.1) is 18.6 Å². The molecule has 0 spiro atoms. The Morgan fingerprint density at radius 2 is 2.11 bits per heavy atom. The van der Waals surface area contributed by atoms with E-state index in [9.17, 15) is 13.9 Å². The molecular formula is C14H16F2N2O. The van der Waals surface area contributed by atoms with E-state index < -0.39 is 11.6 Å². The number of nitrogens with one attached hydrogen (secondary N) is 1. The highest BCUT2D eigenvalue weighted by atomic mass is 19.2. The Bertz CT molecular complexity index is 598. The lowest BCUT2D eigenvalue weighted by Crippen LogP contribution is -2.22. The SMILES string of the molecule is CCC(CO)Nc1cc(C)nc2c(F)c(F)ccc12. The lowest BCUT2D eigenvalue weighted by Gasteiger charge is -2.17. The number of hydrogen-bond acceptors (Lipinski definition) is 3. The minimum absolute atomic E-state index is 0.00953. The Morgan fingerprint density at radius 1 is 1.37 bits per heavy atom. The second-order valence-corrected chi connectivity index (χ2v) is 4.50. The van der Waals surface area contributed by atoms with E-state index in [-0.39, 0.29) is 18.2 Å². The highest BCUT2D eigenvalue weighted by Gasteiger charge is 2.14. The number of aliphatic hydroxyl groups excluding tert-OH is 1. The van der Waals surface area contributed by atoms with Crippen molar-refractivity contribution in [3.63, 3.8) is 0 Å². The molecule has 1 heterocycles. The van der Waals surface area contributed by atoms with Gasteiger partial charge in [-0.1, -0.05) is 6.92 Å². The molecule has 0 aliphatic rings. The first-order valence-corrected chi connectivity index (χ1v) is 6.19. The fourth-order valence-corrected chi connectivity index (χ4v) is 1.98. The molecule has 102 valence electrons. The average Bonchev–Trinajstić information content (AvgIpc) is 2.40. The van der Waals surface area contributed by atoms with E-state index in [0.717, 1.165) is 12.5 Å². The zero-order chi connectivity index (χ0) is 14.0. The Morgan fingerprint density at radius 3 is 2.74 bits per heavy atom.